The first-order chi connectivity index (χ1) is 24.9. The average Bonchev–Trinajstić information content (AvgIpc) is 3.28. The number of aryl methyl sites for hydroxylation is 1. The van der Waals surface area contributed by atoms with E-state index >= 15 is 0 Å². The smallest absolute Gasteiger partial charge is 0.263 e. The molecule has 8 nitrogen and oxygen atoms in total. The second-order valence-corrected chi connectivity index (χ2v) is 17.7. The van der Waals surface area contributed by atoms with Crippen LogP contribution in [0.15, 0.2) is 36.4 Å². The molecule has 5 rings (SSSR count). The van der Waals surface area contributed by atoms with Crippen molar-refractivity contribution < 1.29 is 23.2 Å². The highest BCUT2D eigenvalue weighted by atomic mass is 35.5. The number of carbonyl (C=O) groups is 1. The molecule has 0 aromatic heterocycles. The van der Waals surface area contributed by atoms with Crippen molar-refractivity contribution in [2.45, 2.75) is 104 Å². The van der Waals surface area contributed by atoms with Crippen LogP contribution >= 0.6 is 11.6 Å². The lowest BCUT2D eigenvalue weighted by atomic mass is 9.58. The number of benzene rings is 2. The van der Waals surface area contributed by atoms with Crippen LogP contribution in [0.2, 0.25) is 5.02 Å². The van der Waals surface area contributed by atoms with E-state index in [0.29, 0.717) is 43.8 Å². The van der Waals surface area contributed by atoms with Crippen LogP contribution in [-0.4, -0.2) is 87.0 Å². The van der Waals surface area contributed by atoms with E-state index in [4.69, 9.17) is 25.8 Å². The minimum atomic E-state index is -1.50. The fourth-order valence-corrected chi connectivity index (χ4v) is 9.53. The van der Waals surface area contributed by atoms with Crippen LogP contribution in [0.1, 0.15) is 107 Å². The molecule has 8 atom stereocenters. The number of nitrogens with one attached hydrogen (secondary N) is 1. The normalized spacial score (nSPS) is 28.7. The number of anilines is 1. The first kappa shape index (κ1) is 42.6. The highest BCUT2D eigenvalue weighted by molar-refractivity contribution is 7.84. The van der Waals surface area contributed by atoms with E-state index in [1.54, 1.807) is 13.2 Å². The number of amides is 1. The van der Waals surface area contributed by atoms with Gasteiger partial charge in [0.2, 0.25) is 0 Å². The zero-order valence-corrected chi connectivity index (χ0v) is 34.9. The number of ether oxygens (including phenoxy) is 3. The molecule has 7 unspecified atom stereocenters. The van der Waals surface area contributed by atoms with Crippen LogP contribution in [0, 0.1) is 23.2 Å². The van der Waals surface area contributed by atoms with Crippen LogP contribution in [0.5, 0.6) is 5.75 Å². The fraction of sp³-hybridized carbons (Fsp3) is 0.690. The molecule has 1 fully saturated rings. The van der Waals surface area contributed by atoms with Gasteiger partial charge in [-0.2, -0.15) is 0 Å². The minimum Gasteiger partial charge on any atom is -0.491 e. The van der Waals surface area contributed by atoms with Crippen LogP contribution in [0.3, 0.4) is 0 Å². The molecule has 0 radical (unpaired) electrons. The van der Waals surface area contributed by atoms with Gasteiger partial charge in [-0.05, 0) is 118 Å². The van der Waals surface area contributed by atoms with E-state index in [1.165, 1.54) is 17.5 Å². The van der Waals surface area contributed by atoms with Gasteiger partial charge in [0.1, 0.15) is 16.7 Å². The number of hydrogen-bond acceptors (Lipinski definition) is 7. The SMILES string of the molecule is CC.CCCc1cc(Cl)ccc1C1COc2ccc3cc2N(C1)CC1CCC1[C@@](C)(COCC(COC)N(C)C)CCCC(C)C(C)S(=O)NC3=O. The van der Waals surface area contributed by atoms with Gasteiger partial charge in [0.05, 0.1) is 43.4 Å². The lowest BCUT2D eigenvalue weighted by molar-refractivity contribution is -0.0607. The Bertz CT molecular complexity index is 1480. The number of hydrogen-bond donors (Lipinski definition) is 1. The van der Waals surface area contributed by atoms with E-state index in [1.807, 2.05) is 39.0 Å². The number of likely N-dealkylation sites (N-methyl/N-ethyl adjacent to an activating group) is 1. The maximum absolute atomic E-state index is 13.5. The van der Waals surface area contributed by atoms with Crippen molar-refractivity contribution >= 4 is 34.2 Å². The first-order valence-electron chi connectivity index (χ1n) is 19.7. The third-order valence-corrected chi connectivity index (χ3v) is 13.6. The predicted molar refractivity (Wildman–Crippen MR) is 216 cm³/mol. The maximum atomic E-state index is 13.5. The van der Waals surface area contributed by atoms with Crippen LogP contribution in [-0.2, 0) is 26.9 Å². The fourth-order valence-electron chi connectivity index (χ4n) is 8.29. The van der Waals surface area contributed by atoms with Gasteiger partial charge in [-0.15, -0.1) is 0 Å². The van der Waals surface area contributed by atoms with E-state index in [2.05, 4.69) is 61.5 Å². The van der Waals surface area contributed by atoms with Gasteiger partial charge < -0.3 is 24.0 Å². The van der Waals surface area contributed by atoms with Crippen molar-refractivity contribution in [1.82, 2.24) is 9.62 Å². The number of methoxy groups -OCH3 is 1. The number of carbonyl (C=O) groups excluding carboxylic acids is 1. The van der Waals surface area contributed by atoms with Crippen LogP contribution < -0.4 is 14.4 Å². The lowest BCUT2D eigenvalue weighted by Crippen LogP contribution is -2.48. The zero-order valence-electron chi connectivity index (χ0n) is 33.3. The Morgan fingerprint density at radius 3 is 2.54 bits per heavy atom. The molecule has 2 aromatic rings. The minimum absolute atomic E-state index is 0.00283. The molecule has 3 aliphatic rings. The Morgan fingerprint density at radius 1 is 1.10 bits per heavy atom. The van der Waals surface area contributed by atoms with Gasteiger partial charge in [-0.3, -0.25) is 9.52 Å². The summed E-state index contributed by atoms with van der Waals surface area (Å²) in [5.41, 5.74) is 3.99. The summed E-state index contributed by atoms with van der Waals surface area (Å²) in [4.78, 5) is 18.2. The summed E-state index contributed by atoms with van der Waals surface area (Å²) in [7, 11) is 4.40. The van der Waals surface area contributed by atoms with Crippen molar-refractivity contribution in [1.29, 1.82) is 0 Å². The number of fused-ring (bicyclic) bond motifs is 2. The molecule has 2 bridgehead atoms. The average molecular weight is 761 g/mol. The van der Waals surface area contributed by atoms with E-state index < -0.39 is 11.0 Å². The highest BCUT2D eigenvalue weighted by Gasteiger charge is 2.46. The Labute approximate surface area is 322 Å². The molecule has 0 spiro atoms. The summed E-state index contributed by atoms with van der Waals surface area (Å²) in [6.07, 6.45) is 7.35. The van der Waals surface area contributed by atoms with Crippen molar-refractivity contribution in [3.8, 4) is 5.75 Å². The monoisotopic (exact) mass is 759 g/mol. The molecule has 1 aliphatic carbocycles. The molecule has 1 amide bonds. The van der Waals surface area contributed by atoms with E-state index in [9.17, 15) is 9.00 Å². The lowest BCUT2D eigenvalue weighted by Gasteiger charge is -2.50. The van der Waals surface area contributed by atoms with Gasteiger partial charge in [0.25, 0.3) is 5.91 Å². The topological polar surface area (TPSA) is 80.3 Å². The highest BCUT2D eigenvalue weighted by Crippen LogP contribution is 2.51. The summed E-state index contributed by atoms with van der Waals surface area (Å²) in [5.74, 6) is 1.79. The molecule has 2 aliphatic heterocycles. The van der Waals surface area contributed by atoms with Crippen molar-refractivity contribution in [3.63, 3.8) is 0 Å². The largest absolute Gasteiger partial charge is 0.491 e. The van der Waals surface area contributed by atoms with Crippen LogP contribution in [0.4, 0.5) is 5.69 Å². The van der Waals surface area contributed by atoms with Crippen molar-refractivity contribution in [3.05, 3.63) is 58.1 Å². The summed E-state index contributed by atoms with van der Waals surface area (Å²) >= 11 is 6.48. The van der Waals surface area contributed by atoms with Gasteiger partial charge in [-0.1, -0.05) is 65.1 Å². The van der Waals surface area contributed by atoms with Gasteiger partial charge in [-0.25, -0.2) is 4.21 Å². The Morgan fingerprint density at radius 2 is 1.87 bits per heavy atom. The molecule has 292 valence electrons. The third-order valence-electron chi connectivity index (χ3n) is 11.8. The molecule has 52 heavy (non-hydrogen) atoms. The molecule has 1 N–H and O–H groups in total. The molecule has 10 heteroatoms. The Kier molecular flexibility index (Phi) is 16.3. The summed E-state index contributed by atoms with van der Waals surface area (Å²) in [6.45, 7) is 16.9. The molecule has 0 saturated heterocycles. The quantitative estimate of drug-likeness (QED) is 0.260. The number of halogens is 1. The van der Waals surface area contributed by atoms with E-state index in [0.717, 1.165) is 68.1 Å². The molecule has 2 aromatic carbocycles. The van der Waals surface area contributed by atoms with Gasteiger partial charge >= 0.3 is 0 Å². The van der Waals surface area contributed by atoms with Crippen molar-refractivity contribution in [2.24, 2.45) is 23.2 Å². The predicted octanol–water partition coefficient (Wildman–Crippen LogP) is 8.53. The van der Waals surface area contributed by atoms with Gasteiger partial charge in [0, 0.05) is 36.7 Å². The summed E-state index contributed by atoms with van der Waals surface area (Å²) < 4.78 is 34.9. The second-order valence-electron chi connectivity index (χ2n) is 15.7. The molecular weight excluding hydrogens is 694 g/mol. The van der Waals surface area contributed by atoms with E-state index in [-0.39, 0.29) is 34.4 Å². The molecule has 1 saturated carbocycles. The van der Waals surface area contributed by atoms with Crippen molar-refractivity contribution in [2.75, 3.05) is 65.6 Å². The standard InChI is InChI=1S/C40H60ClN3O5S.C2H6/c1-8-10-29-19-33(41)14-15-35(29)32-22-44-21-31-12-16-36(31)40(4,26-48-25-34(24-47-7)43(5)6)18-9-11-27(2)28(3)50(46)42-39(45)30-13-17-38(49-23-32)37(44)20-30;1-2/h13-15,17,19-20,27-28,31-32,34,36H,8-12,16,18,21-26H2,1-7H3,(H,42,45);1-2H3/t27?,28?,31?,32?,34?,36?,40-,50?;/m1./s1. The molecular formula is C42H66ClN3O5S. The van der Waals surface area contributed by atoms with Crippen LogP contribution in [0.25, 0.3) is 0 Å². The number of nitrogens with zero attached hydrogens (tertiary/aromatic N) is 2. The third kappa shape index (κ3) is 10.5. The summed E-state index contributed by atoms with van der Waals surface area (Å²) in [5, 5.41) is 0.591. The molecule has 2 heterocycles. The number of rotatable bonds is 10. The first-order valence-corrected chi connectivity index (χ1v) is 21.3. The maximum Gasteiger partial charge on any atom is 0.263 e. The Hall–Kier alpha value is -2.17. The van der Waals surface area contributed by atoms with Gasteiger partial charge in [0.15, 0.2) is 0 Å². The zero-order chi connectivity index (χ0) is 38.0. The second kappa shape index (κ2) is 19.9. The Balaban J connectivity index is 0.00000297. The summed E-state index contributed by atoms with van der Waals surface area (Å²) in [6, 6.07) is 12.2.